The molecule has 0 unspecified atom stereocenters. The van der Waals surface area contributed by atoms with Crippen LogP contribution in [-0.4, -0.2) is 26.3 Å². The Bertz CT molecular complexity index is 941. The predicted molar refractivity (Wildman–Crippen MR) is 107 cm³/mol. The first-order valence-corrected chi connectivity index (χ1v) is 10.3. The molecule has 27 heavy (non-hydrogen) atoms. The fourth-order valence-electron chi connectivity index (χ4n) is 4.06. The largest absolute Gasteiger partial charge is 0.396 e. The number of aromatic nitrogens is 4. The summed E-state index contributed by atoms with van der Waals surface area (Å²) in [5.41, 5.74) is 3.08. The molecule has 7 heteroatoms. The number of hydrogen-bond acceptors (Lipinski definition) is 4. The molecule has 0 aromatic carbocycles. The van der Waals surface area contributed by atoms with Crippen molar-refractivity contribution in [3.8, 4) is 0 Å². The first-order chi connectivity index (χ1) is 13.1. The van der Waals surface area contributed by atoms with Gasteiger partial charge in [-0.2, -0.15) is 9.61 Å². The normalized spacial score (nSPS) is 19.7. The molecule has 0 bridgehead atoms. The maximum absolute atomic E-state index is 9.63. The first-order valence-electron chi connectivity index (χ1n) is 9.46. The van der Waals surface area contributed by atoms with Crippen LogP contribution in [0.4, 0.5) is 5.82 Å². The molecule has 1 fully saturated rings. The molecule has 3 heterocycles. The maximum Gasteiger partial charge on any atom is 0.173 e. The van der Waals surface area contributed by atoms with Gasteiger partial charge in [-0.15, -0.1) is 0 Å². The molecule has 1 aliphatic rings. The van der Waals surface area contributed by atoms with Crippen LogP contribution in [0.3, 0.4) is 0 Å². The second-order valence-corrected chi connectivity index (χ2v) is 8.28. The van der Waals surface area contributed by atoms with Crippen molar-refractivity contribution in [2.45, 2.75) is 32.2 Å². The van der Waals surface area contributed by atoms with E-state index >= 15 is 0 Å². The van der Waals surface area contributed by atoms with Gasteiger partial charge in [-0.25, -0.2) is 9.55 Å². The number of aryl methyl sites for hydroxylation is 1. The van der Waals surface area contributed by atoms with Crippen molar-refractivity contribution < 1.29 is 9.67 Å². The van der Waals surface area contributed by atoms with Crippen LogP contribution >= 0.6 is 15.9 Å². The number of hydrogen-bond donors (Lipinski definition) is 2. The molecule has 0 saturated heterocycles. The summed E-state index contributed by atoms with van der Waals surface area (Å²) >= 11 is 3.56. The van der Waals surface area contributed by atoms with Crippen LogP contribution < -0.4 is 9.88 Å². The maximum atomic E-state index is 9.63. The zero-order valence-electron chi connectivity index (χ0n) is 15.5. The van der Waals surface area contributed by atoms with E-state index in [0.29, 0.717) is 18.4 Å². The lowest BCUT2D eigenvalue weighted by molar-refractivity contribution is -0.671. The van der Waals surface area contributed by atoms with Gasteiger partial charge in [0.25, 0.3) is 0 Å². The Balaban J connectivity index is 1.60. The average molecular weight is 431 g/mol. The van der Waals surface area contributed by atoms with Crippen molar-refractivity contribution >= 4 is 27.4 Å². The lowest BCUT2D eigenvalue weighted by atomic mass is 9.92. The van der Waals surface area contributed by atoms with Crippen LogP contribution in [0.1, 0.15) is 30.5 Å². The third-order valence-electron chi connectivity index (χ3n) is 5.48. The van der Waals surface area contributed by atoms with Crippen molar-refractivity contribution in [1.82, 2.24) is 14.6 Å². The van der Waals surface area contributed by atoms with Gasteiger partial charge in [-0.3, -0.25) is 0 Å². The van der Waals surface area contributed by atoms with Gasteiger partial charge in [-0.1, -0.05) is 6.42 Å². The van der Waals surface area contributed by atoms with Crippen LogP contribution in [-0.2, 0) is 20.0 Å². The summed E-state index contributed by atoms with van der Waals surface area (Å²) in [6.07, 6.45) is 10.3. The molecule has 1 aliphatic carbocycles. The summed E-state index contributed by atoms with van der Waals surface area (Å²) in [4.78, 5) is 4.82. The van der Waals surface area contributed by atoms with E-state index in [0.717, 1.165) is 34.5 Å². The Kier molecular flexibility index (Phi) is 5.41. The molecule has 3 aromatic rings. The van der Waals surface area contributed by atoms with Crippen LogP contribution in [0.15, 0.2) is 41.3 Å². The highest BCUT2D eigenvalue weighted by Gasteiger charge is 2.27. The van der Waals surface area contributed by atoms with Crippen molar-refractivity contribution in [2.24, 2.45) is 18.9 Å². The fourth-order valence-corrected chi connectivity index (χ4v) is 4.40. The lowest BCUT2D eigenvalue weighted by Crippen LogP contribution is -2.27. The van der Waals surface area contributed by atoms with E-state index in [1.54, 1.807) is 6.20 Å². The number of halogens is 1. The summed E-state index contributed by atoms with van der Waals surface area (Å²) in [6, 6.07) is 6.25. The van der Waals surface area contributed by atoms with Gasteiger partial charge in [-0.05, 0) is 53.1 Å². The summed E-state index contributed by atoms with van der Waals surface area (Å²) in [7, 11) is 2.02. The number of anilines is 1. The van der Waals surface area contributed by atoms with E-state index in [1.165, 1.54) is 18.4 Å². The molecule has 0 radical (unpaired) electrons. The van der Waals surface area contributed by atoms with Crippen LogP contribution in [0.25, 0.3) is 5.65 Å². The minimum Gasteiger partial charge on any atom is -0.396 e. The number of aliphatic hydroxyl groups is 1. The Morgan fingerprint density at radius 2 is 2.22 bits per heavy atom. The second kappa shape index (κ2) is 7.94. The van der Waals surface area contributed by atoms with Crippen molar-refractivity contribution in [3.05, 3.63) is 52.5 Å². The number of fused-ring (bicyclic) bond motifs is 1. The standard InChI is InChI=1S/C20H25BrN5O/c1-25-7-3-4-14(12-25)10-22-19-9-17(8-15-5-2-6-16(15)13-27)24-20-18(21)11-23-26(19)20/h3-4,7,9,11-12,15-16,22,27H,2,5-6,8,10,13H2,1H3/q+1/t15-,16+/m1/s1. The number of nitrogens with one attached hydrogen (secondary N) is 1. The quantitative estimate of drug-likeness (QED) is 0.590. The lowest BCUT2D eigenvalue weighted by Gasteiger charge is -2.17. The molecule has 0 amide bonds. The summed E-state index contributed by atoms with van der Waals surface area (Å²) in [6.45, 7) is 0.993. The molecule has 6 nitrogen and oxygen atoms in total. The van der Waals surface area contributed by atoms with E-state index < -0.39 is 0 Å². The van der Waals surface area contributed by atoms with Crippen LogP contribution in [0.5, 0.6) is 0 Å². The van der Waals surface area contributed by atoms with Gasteiger partial charge < -0.3 is 10.4 Å². The van der Waals surface area contributed by atoms with E-state index in [-0.39, 0.29) is 6.61 Å². The topological polar surface area (TPSA) is 66.3 Å². The highest BCUT2D eigenvalue weighted by molar-refractivity contribution is 9.10. The molecule has 2 atom stereocenters. The van der Waals surface area contributed by atoms with E-state index in [4.69, 9.17) is 4.98 Å². The van der Waals surface area contributed by atoms with Crippen molar-refractivity contribution in [1.29, 1.82) is 0 Å². The molecule has 0 aliphatic heterocycles. The monoisotopic (exact) mass is 430 g/mol. The third-order valence-corrected chi connectivity index (χ3v) is 6.04. The van der Waals surface area contributed by atoms with Gasteiger partial charge in [0.15, 0.2) is 18.0 Å². The van der Waals surface area contributed by atoms with Gasteiger partial charge >= 0.3 is 0 Å². The SMILES string of the molecule is C[n+]1cccc(CNc2cc(C[C@H]3CCC[C@H]3CO)nc3c(Br)cnn23)c1. The number of nitrogens with zero attached hydrogens (tertiary/aromatic N) is 4. The van der Waals surface area contributed by atoms with Crippen LogP contribution in [0, 0.1) is 11.8 Å². The van der Waals surface area contributed by atoms with E-state index in [1.807, 2.05) is 28.4 Å². The highest BCUT2D eigenvalue weighted by atomic mass is 79.9. The van der Waals surface area contributed by atoms with Gasteiger partial charge in [0.1, 0.15) is 12.9 Å². The number of rotatable bonds is 6. The Morgan fingerprint density at radius 1 is 1.37 bits per heavy atom. The molecule has 3 aromatic heterocycles. The Labute approximate surface area is 167 Å². The summed E-state index contributed by atoms with van der Waals surface area (Å²) < 4.78 is 4.78. The third kappa shape index (κ3) is 3.99. The molecule has 142 valence electrons. The van der Waals surface area contributed by atoms with Crippen LogP contribution in [0.2, 0.25) is 0 Å². The highest BCUT2D eigenvalue weighted by Crippen LogP contribution is 2.34. The smallest absolute Gasteiger partial charge is 0.173 e. The zero-order valence-corrected chi connectivity index (χ0v) is 17.1. The van der Waals surface area contributed by atoms with Gasteiger partial charge in [0, 0.05) is 36.5 Å². The fraction of sp³-hybridized carbons (Fsp3) is 0.450. The summed E-state index contributed by atoms with van der Waals surface area (Å²) in [5.74, 6) is 1.84. The molecular formula is C20H25BrN5O+. The number of pyridine rings is 1. The average Bonchev–Trinajstić information content (AvgIpc) is 3.26. The molecular weight excluding hydrogens is 406 g/mol. The molecule has 4 rings (SSSR count). The summed E-state index contributed by atoms with van der Waals surface area (Å²) in [5, 5.41) is 17.6. The van der Waals surface area contributed by atoms with Crippen molar-refractivity contribution in [3.63, 3.8) is 0 Å². The molecule has 1 saturated carbocycles. The van der Waals surface area contributed by atoms with Gasteiger partial charge in [0.05, 0.1) is 10.7 Å². The number of aliphatic hydroxyl groups excluding tert-OH is 1. The Morgan fingerprint density at radius 3 is 3.04 bits per heavy atom. The predicted octanol–water partition coefficient (Wildman–Crippen LogP) is 2.88. The molecule has 0 spiro atoms. The van der Waals surface area contributed by atoms with E-state index in [9.17, 15) is 5.11 Å². The minimum absolute atomic E-state index is 0.277. The first kappa shape index (κ1) is 18.4. The van der Waals surface area contributed by atoms with E-state index in [2.05, 4.69) is 44.7 Å². The van der Waals surface area contributed by atoms with Crippen molar-refractivity contribution in [2.75, 3.05) is 11.9 Å². The van der Waals surface area contributed by atoms with Gasteiger partial charge in [0.2, 0.25) is 0 Å². The second-order valence-electron chi connectivity index (χ2n) is 7.43. The minimum atomic E-state index is 0.277. The zero-order chi connectivity index (χ0) is 18.8. The molecule has 2 N–H and O–H groups in total. The Hall–Kier alpha value is -1.99.